The van der Waals surface area contributed by atoms with Crippen molar-refractivity contribution in [2.75, 3.05) is 4.90 Å². The summed E-state index contributed by atoms with van der Waals surface area (Å²) in [5.74, 6) is -0.648. The van der Waals surface area contributed by atoms with E-state index in [1.165, 1.54) is 0 Å². The van der Waals surface area contributed by atoms with Gasteiger partial charge in [0.05, 0.1) is 12.7 Å². The highest BCUT2D eigenvalue weighted by molar-refractivity contribution is 6.08. The summed E-state index contributed by atoms with van der Waals surface area (Å²) >= 11 is 0. The number of amides is 1. The molecular formula is C26H23NO4. The fraction of sp³-hybridized carbons (Fsp3) is 0.231. The minimum absolute atomic E-state index is 0.0373. The standard InChI is InChI=1S/C26H23NO4/c1-16-13-19-8-4-6-10-22(19)27(16)26(29)17(2)31-24(28)14-20-15-30-23-12-11-18-7-3-5-9-21(18)25(20)23/h3-12,15-17H,13-14H2,1-2H3/t16-,17+/m1/s1. The molecule has 4 aromatic rings. The van der Waals surface area contributed by atoms with E-state index in [1.54, 1.807) is 18.1 Å². The molecule has 0 radical (unpaired) electrons. The van der Waals surface area contributed by atoms with E-state index in [2.05, 4.69) is 0 Å². The Bertz CT molecular complexity index is 1310. The van der Waals surface area contributed by atoms with Crippen molar-refractivity contribution in [1.29, 1.82) is 0 Å². The van der Waals surface area contributed by atoms with Crippen LogP contribution in [0.3, 0.4) is 0 Å². The van der Waals surface area contributed by atoms with Gasteiger partial charge >= 0.3 is 5.97 Å². The lowest BCUT2D eigenvalue weighted by Gasteiger charge is -2.25. The Labute approximate surface area is 180 Å². The molecule has 2 atom stereocenters. The summed E-state index contributed by atoms with van der Waals surface area (Å²) in [5, 5.41) is 3.02. The maximum atomic E-state index is 13.1. The normalized spacial score (nSPS) is 16.5. The molecule has 0 saturated heterocycles. The number of para-hydroxylation sites is 1. The summed E-state index contributed by atoms with van der Waals surface area (Å²) in [6.45, 7) is 3.64. The van der Waals surface area contributed by atoms with Gasteiger partial charge < -0.3 is 14.1 Å². The minimum Gasteiger partial charge on any atom is -0.464 e. The number of ether oxygens (including phenoxy) is 1. The topological polar surface area (TPSA) is 59.8 Å². The molecule has 5 heteroatoms. The van der Waals surface area contributed by atoms with Crippen LogP contribution in [0.25, 0.3) is 21.7 Å². The summed E-state index contributed by atoms with van der Waals surface area (Å²) < 4.78 is 11.2. The van der Waals surface area contributed by atoms with Gasteiger partial charge in [-0.25, -0.2) is 0 Å². The number of carbonyl (C=O) groups excluding carboxylic acids is 2. The van der Waals surface area contributed by atoms with Gasteiger partial charge in [-0.15, -0.1) is 0 Å². The van der Waals surface area contributed by atoms with Crippen molar-refractivity contribution in [3.8, 4) is 0 Å². The third-order valence-electron chi connectivity index (χ3n) is 5.98. The van der Waals surface area contributed by atoms with Crippen molar-refractivity contribution >= 4 is 39.3 Å². The Hall–Kier alpha value is -3.60. The second kappa shape index (κ2) is 7.58. The lowest BCUT2D eigenvalue weighted by molar-refractivity contribution is -0.153. The molecule has 2 heterocycles. The van der Waals surface area contributed by atoms with E-state index < -0.39 is 12.1 Å². The SMILES string of the molecule is C[C@H](OC(=O)Cc1coc2ccc3ccccc3c12)C(=O)N1c2ccccc2C[C@H]1C. The molecule has 1 aliphatic heterocycles. The number of hydrogen-bond acceptors (Lipinski definition) is 4. The molecule has 0 spiro atoms. The lowest BCUT2D eigenvalue weighted by Crippen LogP contribution is -2.43. The molecule has 0 N–H and O–H groups in total. The molecule has 5 nitrogen and oxygen atoms in total. The van der Waals surface area contributed by atoms with Crippen LogP contribution in [0.5, 0.6) is 0 Å². The smallest absolute Gasteiger partial charge is 0.311 e. The van der Waals surface area contributed by atoms with Crippen molar-refractivity contribution in [1.82, 2.24) is 0 Å². The number of hydrogen-bond donors (Lipinski definition) is 0. The second-order valence-electron chi connectivity index (χ2n) is 8.12. The predicted molar refractivity (Wildman–Crippen MR) is 120 cm³/mol. The van der Waals surface area contributed by atoms with Gasteiger partial charge in [0.1, 0.15) is 5.58 Å². The van der Waals surface area contributed by atoms with Crippen LogP contribution in [-0.4, -0.2) is 24.0 Å². The summed E-state index contributed by atoms with van der Waals surface area (Å²) in [7, 11) is 0. The maximum Gasteiger partial charge on any atom is 0.311 e. The molecule has 1 amide bonds. The average molecular weight is 413 g/mol. The highest BCUT2D eigenvalue weighted by Crippen LogP contribution is 2.33. The van der Waals surface area contributed by atoms with Gasteiger partial charge in [0.15, 0.2) is 6.10 Å². The second-order valence-corrected chi connectivity index (χ2v) is 8.12. The van der Waals surface area contributed by atoms with E-state index >= 15 is 0 Å². The molecule has 0 aliphatic carbocycles. The number of furan rings is 1. The van der Waals surface area contributed by atoms with Gasteiger partial charge in [-0.1, -0.05) is 48.5 Å². The lowest BCUT2D eigenvalue weighted by atomic mass is 10.0. The largest absolute Gasteiger partial charge is 0.464 e. The van der Waals surface area contributed by atoms with Crippen LogP contribution in [0.1, 0.15) is 25.0 Å². The van der Waals surface area contributed by atoms with E-state index in [1.807, 2.05) is 67.6 Å². The summed E-state index contributed by atoms with van der Waals surface area (Å²) in [4.78, 5) is 27.5. The van der Waals surface area contributed by atoms with Crippen LogP contribution in [0.2, 0.25) is 0 Å². The number of benzene rings is 3. The Kier molecular flexibility index (Phi) is 4.74. The van der Waals surface area contributed by atoms with E-state index in [-0.39, 0.29) is 18.4 Å². The van der Waals surface area contributed by atoms with Crippen molar-refractivity contribution in [3.05, 3.63) is 78.1 Å². The number of fused-ring (bicyclic) bond motifs is 4. The van der Waals surface area contributed by atoms with E-state index in [4.69, 9.17) is 9.15 Å². The van der Waals surface area contributed by atoms with Crippen LogP contribution in [-0.2, 0) is 27.2 Å². The van der Waals surface area contributed by atoms with Crippen molar-refractivity contribution < 1.29 is 18.7 Å². The first-order valence-corrected chi connectivity index (χ1v) is 10.5. The summed E-state index contributed by atoms with van der Waals surface area (Å²) in [6, 6.07) is 19.8. The fourth-order valence-electron chi connectivity index (χ4n) is 4.55. The van der Waals surface area contributed by atoms with Gasteiger partial charge in [0, 0.05) is 22.7 Å². The van der Waals surface area contributed by atoms with E-state index in [0.717, 1.165) is 45.0 Å². The molecule has 0 bridgehead atoms. The van der Waals surface area contributed by atoms with Crippen LogP contribution < -0.4 is 4.90 Å². The fourth-order valence-corrected chi connectivity index (χ4v) is 4.55. The molecule has 1 aliphatic rings. The summed E-state index contributed by atoms with van der Waals surface area (Å²) in [6.07, 6.45) is 1.58. The number of rotatable bonds is 4. The molecule has 0 fully saturated rings. The molecule has 3 aromatic carbocycles. The first-order valence-electron chi connectivity index (χ1n) is 10.5. The molecule has 1 aromatic heterocycles. The minimum atomic E-state index is -0.865. The van der Waals surface area contributed by atoms with Gasteiger partial charge in [-0.3, -0.25) is 9.59 Å². The zero-order valence-corrected chi connectivity index (χ0v) is 17.5. The summed E-state index contributed by atoms with van der Waals surface area (Å²) in [5.41, 5.74) is 3.53. The van der Waals surface area contributed by atoms with Gasteiger partial charge in [0.25, 0.3) is 5.91 Å². The average Bonchev–Trinajstić information content (AvgIpc) is 3.33. The van der Waals surface area contributed by atoms with E-state index in [0.29, 0.717) is 0 Å². The number of anilines is 1. The van der Waals surface area contributed by atoms with Crippen LogP contribution in [0.4, 0.5) is 5.69 Å². The van der Waals surface area contributed by atoms with Gasteiger partial charge in [0.2, 0.25) is 0 Å². The Morgan fingerprint density at radius 2 is 1.87 bits per heavy atom. The Morgan fingerprint density at radius 3 is 2.74 bits per heavy atom. The monoisotopic (exact) mass is 413 g/mol. The van der Waals surface area contributed by atoms with Crippen LogP contribution >= 0.6 is 0 Å². The molecular weight excluding hydrogens is 390 g/mol. The molecule has 0 saturated carbocycles. The van der Waals surface area contributed by atoms with Crippen molar-refractivity contribution in [3.63, 3.8) is 0 Å². The third-order valence-corrected chi connectivity index (χ3v) is 5.98. The zero-order chi connectivity index (χ0) is 21.5. The third kappa shape index (κ3) is 3.36. The van der Waals surface area contributed by atoms with Gasteiger partial charge in [-0.2, -0.15) is 0 Å². The quantitative estimate of drug-likeness (QED) is 0.440. The molecule has 156 valence electrons. The number of carbonyl (C=O) groups is 2. The Morgan fingerprint density at radius 1 is 1.10 bits per heavy atom. The first-order chi connectivity index (χ1) is 15.0. The highest BCUT2D eigenvalue weighted by atomic mass is 16.5. The highest BCUT2D eigenvalue weighted by Gasteiger charge is 2.34. The Balaban J connectivity index is 1.34. The van der Waals surface area contributed by atoms with Crippen LogP contribution in [0.15, 0.2) is 71.3 Å². The maximum absolute atomic E-state index is 13.1. The zero-order valence-electron chi connectivity index (χ0n) is 17.5. The predicted octanol–water partition coefficient (Wildman–Crippen LogP) is 5.04. The van der Waals surface area contributed by atoms with Crippen LogP contribution in [0, 0.1) is 0 Å². The number of nitrogens with zero attached hydrogens (tertiary/aromatic N) is 1. The first kappa shape index (κ1) is 19.4. The molecule has 0 unspecified atom stereocenters. The van der Waals surface area contributed by atoms with Gasteiger partial charge in [-0.05, 0) is 48.7 Å². The van der Waals surface area contributed by atoms with Crippen molar-refractivity contribution in [2.45, 2.75) is 38.8 Å². The molecule has 5 rings (SSSR count). The van der Waals surface area contributed by atoms with Crippen molar-refractivity contribution in [2.24, 2.45) is 0 Å². The number of esters is 1. The molecule has 31 heavy (non-hydrogen) atoms. The van der Waals surface area contributed by atoms with E-state index in [9.17, 15) is 9.59 Å².